The first-order valence-electron chi connectivity index (χ1n) is 7.13. The molecule has 1 N–H and O–H groups in total. The fraction of sp³-hybridized carbons (Fsp3) is 0.533. The van der Waals surface area contributed by atoms with Crippen LogP contribution in [0.1, 0.15) is 13.8 Å². The Labute approximate surface area is 137 Å². The van der Waals surface area contributed by atoms with Crippen molar-refractivity contribution in [2.75, 3.05) is 31.4 Å². The number of nitrogens with one attached hydrogen (secondary N) is 1. The Kier molecular flexibility index (Phi) is 6.83. The summed E-state index contributed by atoms with van der Waals surface area (Å²) in [6, 6.07) is 5.38. The molecule has 0 spiro atoms. The molecule has 0 fully saturated rings. The molecule has 130 valence electrons. The van der Waals surface area contributed by atoms with Gasteiger partial charge in [-0.15, -0.1) is 0 Å². The van der Waals surface area contributed by atoms with E-state index in [1.807, 2.05) is 0 Å². The first-order valence-corrected chi connectivity index (χ1v) is 8.98. The van der Waals surface area contributed by atoms with E-state index in [0.717, 1.165) is 10.6 Å². The molecule has 0 unspecified atom stereocenters. The lowest BCUT2D eigenvalue weighted by molar-refractivity contribution is -0.122. The summed E-state index contributed by atoms with van der Waals surface area (Å²) in [4.78, 5) is 12.3. The predicted octanol–water partition coefficient (Wildman–Crippen LogP) is 1.00. The molecular formula is C15H24N2O5S. The third-order valence-electron chi connectivity index (χ3n) is 3.22. The first kappa shape index (κ1) is 19.2. The van der Waals surface area contributed by atoms with Crippen molar-refractivity contribution < 1.29 is 22.7 Å². The van der Waals surface area contributed by atoms with Crippen molar-refractivity contribution in [3.05, 3.63) is 24.3 Å². The van der Waals surface area contributed by atoms with E-state index in [0.29, 0.717) is 18.0 Å². The Morgan fingerprint density at radius 2 is 1.78 bits per heavy atom. The molecule has 0 aromatic heterocycles. The summed E-state index contributed by atoms with van der Waals surface area (Å²) in [7, 11) is -0.571. The lowest BCUT2D eigenvalue weighted by atomic mass is 10.2. The van der Waals surface area contributed by atoms with Gasteiger partial charge in [0, 0.05) is 13.2 Å². The van der Waals surface area contributed by atoms with Gasteiger partial charge in [-0.05, 0) is 38.1 Å². The summed E-state index contributed by atoms with van der Waals surface area (Å²) in [6.45, 7) is 3.67. The second-order valence-corrected chi connectivity index (χ2v) is 7.16. The van der Waals surface area contributed by atoms with Crippen LogP contribution in [0.15, 0.2) is 24.3 Å². The zero-order valence-corrected chi connectivity index (χ0v) is 14.9. The number of carbonyl (C=O) groups excluding carboxylic acids is 1. The van der Waals surface area contributed by atoms with Gasteiger partial charge in [0.05, 0.1) is 25.7 Å². The van der Waals surface area contributed by atoms with Crippen LogP contribution in [-0.4, -0.2) is 53.5 Å². The largest absolute Gasteiger partial charge is 0.497 e. The molecule has 0 bridgehead atoms. The highest BCUT2D eigenvalue weighted by Gasteiger charge is 2.29. The maximum absolute atomic E-state index is 12.3. The molecule has 0 radical (unpaired) electrons. The van der Waals surface area contributed by atoms with E-state index in [9.17, 15) is 13.2 Å². The number of rotatable bonds is 8. The van der Waals surface area contributed by atoms with Crippen LogP contribution >= 0.6 is 0 Å². The lowest BCUT2D eigenvalue weighted by Crippen LogP contribution is -2.50. The molecular weight excluding hydrogens is 320 g/mol. The van der Waals surface area contributed by atoms with Crippen LogP contribution in [0.25, 0.3) is 0 Å². The Morgan fingerprint density at radius 3 is 2.22 bits per heavy atom. The fourth-order valence-electron chi connectivity index (χ4n) is 2.19. The molecule has 0 saturated carbocycles. The second kappa shape index (κ2) is 8.16. The van der Waals surface area contributed by atoms with E-state index >= 15 is 0 Å². The molecule has 1 rings (SSSR count). The summed E-state index contributed by atoms with van der Waals surface area (Å²) in [5.41, 5.74) is 0.398. The molecule has 7 nitrogen and oxygen atoms in total. The normalized spacial score (nSPS) is 14.0. The standard InChI is InChI=1S/C15H24N2O5S/c1-11(10-21-3)16-15(18)12(2)17(23(5,19)20)13-6-8-14(22-4)9-7-13/h6-9,11-12H,10H2,1-5H3,(H,16,18)/t11-,12+/m0/s1. The van der Waals surface area contributed by atoms with Crippen LogP contribution in [0, 0.1) is 0 Å². The highest BCUT2D eigenvalue weighted by atomic mass is 32.2. The molecule has 1 aromatic carbocycles. The molecule has 0 aliphatic rings. The van der Waals surface area contributed by atoms with E-state index < -0.39 is 22.0 Å². The minimum Gasteiger partial charge on any atom is -0.497 e. The zero-order valence-electron chi connectivity index (χ0n) is 14.1. The molecule has 0 aliphatic heterocycles. The van der Waals surface area contributed by atoms with Gasteiger partial charge in [-0.1, -0.05) is 0 Å². The van der Waals surface area contributed by atoms with Gasteiger partial charge in [-0.3, -0.25) is 9.10 Å². The van der Waals surface area contributed by atoms with Gasteiger partial charge < -0.3 is 14.8 Å². The molecule has 0 heterocycles. The molecule has 0 saturated heterocycles. The van der Waals surface area contributed by atoms with Crippen LogP contribution in [-0.2, 0) is 19.6 Å². The topological polar surface area (TPSA) is 84.9 Å². The molecule has 23 heavy (non-hydrogen) atoms. The van der Waals surface area contributed by atoms with Crippen molar-refractivity contribution in [3.63, 3.8) is 0 Å². The highest BCUT2D eigenvalue weighted by molar-refractivity contribution is 7.92. The van der Waals surface area contributed by atoms with E-state index in [2.05, 4.69) is 5.32 Å². The Balaban J connectivity index is 3.04. The quantitative estimate of drug-likeness (QED) is 0.760. The van der Waals surface area contributed by atoms with E-state index in [1.165, 1.54) is 14.2 Å². The number of ether oxygens (including phenoxy) is 2. The second-order valence-electron chi connectivity index (χ2n) is 5.30. The van der Waals surface area contributed by atoms with Gasteiger partial charge in [0.2, 0.25) is 15.9 Å². The minimum atomic E-state index is -3.63. The summed E-state index contributed by atoms with van der Waals surface area (Å²) in [6.07, 6.45) is 1.07. The van der Waals surface area contributed by atoms with Gasteiger partial charge in [0.25, 0.3) is 0 Å². The number of anilines is 1. The number of hydrogen-bond donors (Lipinski definition) is 1. The van der Waals surface area contributed by atoms with Gasteiger partial charge in [0.1, 0.15) is 11.8 Å². The van der Waals surface area contributed by atoms with Crippen LogP contribution < -0.4 is 14.4 Å². The summed E-state index contributed by atoms with van der Waals surface area (Å²) < 4.78 is 35.4. The molecule has 2 atom stereocenters. The van der Waals surface area contributed by atoms with E-state index in [-0.39, 0.29) is 6.04 Å². The molecule has 1 aromatic rings. The summed E-state index contributed by atoms with van der Waals surface area (Å²) in [5.74, 6) is 0.212. The Morgan fingerprint density at radius 1 is 1.22 bits per heavy atom. The average Bonchev–Trinajstić information content (AvgIpc) is 2.46. The van der Waals surface area contributed by atoms with Crippen molar-refractivity contribution in [2.45, 2.75) is 25.9 Å². The number of amides is 1. The minimum absolute atomic E-state index is 0.216. The van der Waals surface area contributed by atoms with Gasteiger partial charge in [0.15, 0.2) is 0 Å². The van der Waals surface area contributed by atoms with Gasteiger partial charge in [-0.2, -0.15) is 0 Å². The Hall–Kier alpha value is -1.80. The van der Waals surface area contributed by atoms with Crippen molar-refractivity contribution in [1.29, 1.82) is 0 Å². The molecule has 8 heteroatoms. The monoisotopic (exact) mass is 344 g/mol. The van der Waals surface area contributed by atoms with Crippen molar-refractivity contribution in [2.24, 2.45) is 0 Å². The van der Waals surface area contributed by atoms with Crippen LogP contribution in [0.2, 0.25) is 0 Å². The van der Waals surface area contributed by atoms with Crippen molar-refractivity contribution >= 4 is 21.6 Å². The van der Waals surface area contributed by atoms with Crippen molar-refractivity contribution in [3.8, 4) is 5.75 Å². The number of nitrogens with zero attached hydrogens (tertiary/aromatic N) is 1. The third kappa shape index (κ3) is 5.40. The van der Waals surface area contributed by atoms with Crippen LogP contribution in [0.5, 0.6) is 5.75 Å². The smallest absolute Gasteiger partial charge is 0.243 e. The zero-order chi connectivity index (χ0) is 17.6. The first-order chi connectivity index (χ1) is 10.7. The molecule has 1 amide bonds. The number of sulfonamides is 1. The van der Waals surface area contributed by atoms with Gasteiger partial charge >= 0.3 is 0 Å². The van der Waals surface area contributed by atoms with E-state index in [4.69, 9.17) is 9.47 Å². The number of benzene rings is 1. The Bertz CT molecular complexity index is 615. The van der Waals surface area contributed by atoms with Crippen LogP contribution in [0.3, 0.4) is 0 Å². The maximum atomic E-state index is 12.3. The van der Waals surface area contributed by atoms with E-state index in [1.54, 1.807) is 38.1 Å². The highest BCUT2D eigenvalue weighted by Crippen LogP contribution is 2.23. The number of carbonyl (C=O) groups is 1. The van der Waals surface area contributed by atoms with Gasteiger partial charge in [-0.25, -0.2) is 8.42 Å². The average molecular weight is 344 g/mol. The number of hydrogen-bond acceptors (Lipinski definition) is 5. The lowest BCUT2D eigenvalue weighted by Gasteiger charge is -2.29. The summed E-state index contributed by atoms with van der Waals surface area (Å²) in [5, 5.41) is 2.73. The third-order valence-corrected chi connectivity index (χ3v) is 4.46. The SMILES string of the molecule is COC[C@H](C)NC(=O)[C@@H](C)N(c1ccc(OC)cc1)S(C)(=O)=O. The van der Waals surface area contributed by atoms with Crippen LogP contribution in [0.4, 0.5) is 5.69 Å². The summed E-state index contributed by atoms with van der Waals surface area (Å²) >= 11 is 0. The number of methoxy groups -OCH3 is 2. The predicted molar refractivity (Wildman–Crippen MR) is 89.3 cm³/mol. The maximum Gasteiger partial charge on any atom is 0.243 e. The fourth-order valence-corrected chi connectivity index (χ4v) is 3.37. The van der Waals surface area contributed by atoms with Crippen molar-refractivity contribution in [1.82, 2.24) is 5.32 Å². The molecule has 0 aliphatic carbocycles.